The molecule has 10 heteroatoms. The van der Waals surface area contributed by atoms with Crippen LogP contribution in [0.3, 0.4) is 0 Å². The molecule has 1 fully saturated rings. The zero-order valence-electron chi connectivity index (χ0n) is 14.5. The molecule has 0 radical (unpaired) electrons. The summed E-state index contributed by atoms with van der Waals surface area (Å²) in [5.74, 6) is -0.565. The molecule has 3 heterocycles. The van der Waals surface area contributed by atoms with E-state index in [1.54, 1.807) is 29.3 Å². The van der Waals surface area contributed by atoms with Crippen molar-refractivity contribution in [1.82, 2.24) is 19.7 Å². The maximum absolute atomic E-state index is 12.9. The Morgan fingerprint density at radius 2 is 2.07 bits per heavy atom. The number of carbonyl (C=O) groups is 1. The van der Waals surface area contributed by atoms with Gasteiger partial charge in [0.05, 0.1) is 24.9 Å². The maximum Gasteiger partial charge on any atom is 0.573 e. The van der Waals surface area contributed by atoms with Gasteiger partial charge in [-0.05, 0) is 29.8 Å². The summed E-state index contributed by atoms with van der Waals surface area (Å²) in [6, 6.07) is 9.03. The smallest absolute Gasteiger partial charge is 0.406 e. The van der Waals surface area contributed by atoms with Crippen LogP contribution >= 0.6 is 0 Å². The van der Waals surface area contributed by atoms with Gasteiger partial charge in [0.1, 0.15) is 17.4 Å². The molecule has 1 unspecified atom stereocenters. The van der Waals surface area contributed by atoms with Crippen molar-refractivity contribution in [2.45, 2.75) is 12.5 Å². The number of hydrogen-bond acceptors (Lipinski definition) is 5. The molecule has 0 spiro atoms. The summed E-state index contributed by atoms with van der Waals surface area (Å²) in [7, 11) is 0. The Hall–Kier alpha value is -3.14. The number of aromatic nitrogens is 3. The molecule has 1 aliphatic rings. The number of alkyl halides is 3. The van der Waals surface area contributed by atoms with Gasteiger partial charge in [0.25, 0.3) is 5.91 Å². The molecule has 0 bridgehead atoms. The van der Waals surface area contributed by atoms with Gasteiger partial charge in [0, 0.05) is 12.7 Å². The van der Waals surface area contributed by atoms with Crippen LogP contribution in [0.1, 0.15) is 22.0 Å². The Kier molecular flexibility index (Phi) is 4.63. The molecule has 4 rings (SSSR count). The average Bonchev–Trinajstić information content (AvgIpc) is 3.10. The van der Waals surface area contributed by atoms with Crippen LogP contribution in [0.25, 0.3) is 5.52 Å². The van der Waals surface area contributed by atoms with Crippen LogP contribution in [0.15, 0.2) is 48.8 Å². The Labute approximate surface area is 157 Å². The quantitative estimate of drug-likeness (QED) is 0.686. The summed E-state index contributed by atoms with van der Waals surface area (Å²) in [6.07, 6.45) is -2.32. The highest BCUT2D eigenvalue weighted by Gasteiger charge is 2.32. The Morgan fingerprint density at radius 3 is 2.89 bits per heavy atom. The molecule has 1 saturated heterocycles. The van der Waals surface area contributed by atoms with Crippen LogP contribution in [0, 0.1) is 0 Å². The molecular weight excluding hydrogens is 377 g/mol. The predicted octanol–water partition coefficient (Wildman–Crippen LogP) is 2.84. The summed E-state index contributed by atoms with van der Waals surface area (Å²) in [5, 5.41) is 8.10. The zero-order valence-corrected chi connectivity index (χ0v) is 14.5. The highest BCUT2D eigenvalue weighted by Crippen LogP contribution is 2.29. The Morgan fingerprint density at radius 1 is 1.21 bits per heavy atom. The second kappa shape index (κ2) is 7.12. The van der Waals surface area contributed by atoms with Crippen molar-refractivity contribution in [2.24, 2.45) is 0 Å². The largest absolute Gasteiger partial charge is 0.573 e. The summed E-state index contributed by atoms with van der Waals surface area (Å²) in [6.45, 7) is 0.829. The monoisotopic (exact) mass is 392 g/mol. The van der Waals surface area contributed by atoms with Gasteiger partial charge in [-0.1, -0.05) is 12.1 Å². The third-order valence-corrected chi connectivity index (χ3v) is 4.35. The molecule has 7 nitrogen and oxygen atoms in total. The number of carbonyl (C=O) groups excluding carboxylic acids is 1. The average molecular weight is 392 g/mol. The van der Waals surface area contributed by atoms with E-state index in [1.165, 1.54) is 29.0 Å². The van der Waals surface area contributed by atoms with Gasteiger partial charge in [-0.2, -0.15) is 14.8 Å². The van der Waals surface area contributed by atoms with Crippen molar-refractivity contribution < 1.29 is 27.4 Å². The first-order valence-corrected chi connectivity index (χ1v) is 8.46. The van der Waals surface area contributed by atoms with E-state index < -0.39 is 12.5 Å². The molecule has 3 aromatic rings. The summed E-state index contributed by atoms with van der Waals surface area (Å²) >= 11 is 0. The lowest BCUT2D eigenvalue weighted by Crippen LogP contribution is -2.42. The number of fused-ring (bicyclic) bond motifs is 1. The third kappa shape index (κ3) is 3.77. The van der Waals surface area contributed by atoms with Crippen LogP contribution in [-0.2, 0) is 4.74 Å². The fraction of sp³-hybridized carbons (Fsp3) is 0.278. The summed E-state index contributed by atoms with van der Waals surface area (Å²) in [4.78, 5) is 14.5. The van der Waals surface area contributed by atoms with Gasteiger partial charge in [-0.15, -0.1) is 13.2 Å². The van der Waals surface area contributed by atoms with E-state index in [0.717, 1.165) is 0 Å². The first-order valence-electron chi connectivity index (χ1n) is 8.46. The van der Waals surface area contributed by atoms with Crippen molar-refractivity contribution in [3.63, 3.8) is 0 Å². The number of rotatable bonds is 3. The van der Waals surface area contributed by atoms with E-state index in [4.69, 9.17) is 4.74 Å². The van der Waals surface area contributed by atoms with Gasteiger partial charge >= 0.3 is 6.36 Å². The van der Waals surface area contributed by atoms with Crippen LogP contribution in [-0.4, -0.2) is 51.7 Å². The molecule has 1 aliphatic heterocycles. The van der Waals surface area contributed by atoms with E-state index in [0.29, 0.717) is 23.2 Å². The van der Waals surface area contributed by atoms with E-state index in [-0.39, 0.29) is 24.8 Å². The van der Waals surface area contributed by atoms with Crippen LogP contribution in [0.2, 0.25) is 0 Å². The minimum absolute atomic E-state index is 0.200. The third-order valence-electron chi connectivity index (χ3n) is 4.35. The summed E-state index contributed by atoms with van der Waals surface area (Å²) < 4.78 is 48.3. The fourth-order valence-corrected chi connectivity index (χ4v) is 3.12. The fourth-order valence-electron chi connectivity index (χ4n) is 3.12. The van der Waals surface area contributed by atoms with Crippen molar-refractivity contribution in [2.75, 3.05) is 19.7 Å². The molecule has 0 saturated carbocycles. The standard InChI is InChI=1S/C18H15F3N4O3/c19-18(20,21)28-13-4-1-3-12(9-13)16-11-24(7-8-27-16)17(26)14-10-23-25-15(14)5-2-6-22-25/h1-6,9-10,16H,7-8,11H2. The first-order chi connectivity index (χ1) is 13.4. The molecule has 1 aromatic carbocycles. The molecule has 0 N–H and O–H groups in total. The van der Waals surface area contributed by atoms with Crippen molar-refractivity contribution in [1.29, 1.82) is 0 Å². The van der Waals surface area contributed by atoms with Crippen molar-refractivity contribution >= 4 is 11.4 Å². The number of ether oxygens (including phenoxy) is 2. The topological polar surface area (TPSA) is 69.0 Å². The Balaban J connectivity index is 1.53. The van der Waals surface area contributed by atoms with Crippen LogP contribution < -0.4 is 4.74 Å². The Bertz CT molecular complexity index is 1000. The molecule has 28 heavy (non-hydrogen) atoms. The lowest BCUT2D eigenvalue weighted by Gasteiger charge is -2.33. The lowest BCUT2D eigenvalue weighted by atomic mass is 10.1. The van der Waals surface area contributed by atoms with Crippen molar-refractivity contribution in [3.8, 4) is 5.75 Å². The molecule has 146 valence electrons. The normalized spacial score (nSPS) is 17.7. The van der Waals surface area contributed by atoms with Gasteiger partial charge in [0.2, 0.25) is 0 Å². The van der Waals surface area contributed by atoms with Gasteiger partial charge in [-0.3, -0.25) is 4.79 Å². The van der Waals surface area contributed by atoms with E-state index in [9.17, 15) is 18.0 Å². The van der Waals surface area contributed by atoms with Crippen LogP contribution in [0.5, 0.6) is 5.75 Å². The number of nitrogens with zero attached hydrogens (tertiary/aromatic N) is 4. The summed E-state index contributed by atoms with van der Waals surface area (Å²) in [5.41, 5.74) is 1.49. The number of hydrogen-bond donors (Lipinski definition) is 0. The maximum atomic E-state index is 12.9. The number of benzene rings is 1. The van der Waals surface area contributed by atoms with E-state index >= 15 is 0 Å². The first kappa shape index (κ1) is 18.2. The van der Waals surface area contributed by atoms with Gasteiger partial charge in [0.15, 0.2) is 0 Å². The minimum Gasteiger partial charge on any atom is -0.406 e. The lowest BCUT2D eigenvalue weighted by molar-refractivity contribution is -0.274. The molecule has 0 aliphatic carbocycles. The number of halogens is 3. The van der Waals surface area contributed by atoms with Crippen LogP contribution in [0.4, 0.5) is 13.2 Å². The number of morpholine rings is 1. The predicted molar refractivity (Wildman–Crippen MR) is 90.7 cm³/mol. The molecular formula is C18H15F3N4O3. The SMILES string of the molecule is O=C(c1cnn2ncccc12)N1CCOC(c2cccc(OC(F)(F)F)c2)C1. The molecule has 1 amide bonds. The zero-order chi connectivity index (χ0) is 19.7. The number of amides is 1. The van der Waals surface area contributed by atoms with E-state index in [2.05, 4.69) is 14.9 Å². The highest BCUT2D eigenvalue weighted by atomic mass is 19.4. The molecule has 1 atom stereocenters. The van der Waals surface area contributed by atoms with Gasteiger partial charge in [-0.25, -0.2) is 0 Å². The highest BCUT2D eigenvalue weighted by molar-refractivity contribution is 6.00. The second-order valence-electron chi connectivity index (χ2n) is 6.19. The van der Waals surface area contributed by atoms with Crippen molar-refractivity contribution in [3.05, 3.63) is 59.9 Å². The second-order valence-corrected chi connectivity index (χ2v) is 6.19. The van der Waals surface area contributed by atoms with Gasteiger partial charge < -0.3 is 14.4 Å². The van der Waals surface area contributed by atoms with E-state index in [1.807, 2.05) is 0 Å². The minimum atomic E-state index is -4.77. The molecule has 2 aromatic heterocycles.